The minimum Gasteiger partial charge on any atom is -0.370 e. The molecule has 0 heterocycles. The quantitative estimate of drug-likeness (QED) is 0.767. The normalized spacial score (nSPS) is 9.53. The van der Waals surface area contributed by atoms with Crippen LogP contribution in [0.1, 0.15) is 17.5 Å². The van der Waals surface area contributed by atoms with Gasteiger partial charge in [-0.05, 0) is 17.7 Å². The van der Waals surface area contributed by atoms with Gasteiger partial charge in [0.1, 0.15) is 0 Å². The molecule has 1 aromatic carbocycles. The zero-order valence-corrected chi connectivity index (χ0v) is 9.09. The maximum Gasteiger partial charge on any atom is 0.218 e. The number of amides is 1. The molecule has 2 N–H and O–H groups in total. The summed E-state index contributed by atoms with van der Waals surface area (Å²) in [6, 6.07) is 9.51. The Morgan fingerprint density at radius 2 is 2.07 bits per heavy atom. The second-order valence-corrected chi connectivity index (χ2v) is 4.18. The first-order valence-electron chi connectivity index (χ1n) is 4.57. The standard InChI is InChI=1S/C11H12N2OS/c12-7-9-1-3-10(4-2-9)8-15-6-5-11(13)14/h1-4H,5-6,8H2,(H2,13,14). The second kappa shape index (κ2) is 6.10. The third kappa shape index (κ3) is 4.52. The number of nitriles is 1. The summed E-state index contributed by atoms with van der Waals surface area (Å²) in [5.74, 6) is 1.33. The van der Waals surface area contributed by atoms with E-state index >= 15 is 0 Å². The van der Waals surface area contributed by atoms with E-state index in [2.05, 4.69) is 6.07 Å². The molecule has 0 unspecified atom stereocenters. The number of rotatable bonds is 5. The highest BCUT2D eigenvalue weighted by atomic mass is 32.2. The molecule has 0 bridgehead atoms. The first kappa shape index (κ1) is 11.6. The smallest absolute Gasteiger partial charge is 0.218 e. The minimum absolute atomic E-state index is 0.262. The van der Waals surface area contributed by atoms with Crippen molar-refractivity contribution in [1.29, 1.82) is 5.26 Å². The third-order valence-electron chi connectivity index (χ3n) is 1.84. The SMILES string of the molecule is N#Cc1ccc(CSCCC(N)=O)cc1. The van der Waals surface area contributed by atoms with Crippen molar-refractivity contribution in [2.45, 2.75) is 12.2 Å². The summed E-state index contributed by atoms with van der Waals surface area (Å²) in [5, 5.41) is 8.60. The van der Waals surface area contributed by atoms with Crippen molar-refractivity contribution in [1.82, 2.24) is 0 Å². The van der Waals surface area contributed by atoms with Gasteiger partial charge in [0.25, 0.3) is 0 Å². The van der Waals surface area contributed by atoms with E-state index in [0.717, 1.165) is 17.1 Å². The summed E-state index contributed by atoms with van der Waals surface area (Å²) >= 11 is 1.66. The van der Waals surface area contributed by atoms with Gasteiger partial charge in [0.15, 0.2) is 0 Å². The highest BCUT2D eigenvalue weighted by Gasteiger charge is 1.97. The Kier molecular flexibility index (Phi) is 4.72. The number of benzene rings is 1. The summed E-state index contributed by atoms with van der Waals surface area (Å²) in [7, 11) is 0. The monoisotopic (exact) mass is 220 g/mol. The van der Waals surface area contributed by atoms with Gasteiger partial charge in [-0.1, -0.05) is 12.1 Å². The van der Waals surface area contributed by atoms with Crippen LogP contribution in [0.4, 0.5) is 0 Å². The van der Waals surface area contributed by atoms with Crippen LogP contribution >= 0.6 is 11.8 Å². The number of thioether (sulfide) groups is 1. The lowest BCUT2D eigenvalue weighted by Gasteiger charge is -2.00. The van der Waals surface area contributed by atoms with Gasteiger partial charge in [0, 0.05) is 17.9 Å². The Labute approximate surface area is 93.3 Å². The first-order valence-corrected chi connectivity index (χ1v) is 5.73. The maximum absolute atomic E-state index is 10.5. The van der Waals surface area contributed by atoms with Crippen molar-refractivity contribution < 1.29 is 4.79 Å². The molecule has 0 atom stereocenters. The lowest BCUT2D eigenvalue weighted by molar-refractivity contribution is -0.117. The van der Waals surface area contributed by atoms with Crippen LogP contribution in [-0.4, -0.2) is 11.7 Å². The van der Waals surface area contributed by atoms with Crippen LogP contribution in [0.15, 0.2) is 24.3 Å². The van der Waals surface area contributed by atoms with Crippen molar-refractivity contribution in [3.63, 3.8) is 0 Å². The van der Waals surface area contributed by atoms with Gasteiger partial charge in [-0.2, -0.15) is 17.0 Å². The van der Waals surface area contributed by atoms with Crippen molar-refractivity contribution in [2.75, 3.05) is 5.75 Å². The lowest BCUT2D eigenvalue weighted by atomic mass is 10.2. The molecule has 78 valence electrons. The minimum atomic E-state index is -0.262. The molecular weight excluding hydrogens is 208 g/mol. The van der Waals surface area contributed by atoms with Crippen LogP contribution in [0.5, 0.6) is 0 Å². The van der Waals surface area contributed by atoms with E-state index in [1.807, 2.05) is 12.1 Å². The van der Waals surface area contributed by atoms with Crippen molar-refractivity contribution >= 4 is 17.7 Å². The van der Waals surface area contributed by atoms with E-state index in [9.17, 15) is 4.79 Å². The van der Waals surface area contributed by atoms with Crippen LogP contribution < -0.4 is 5.73 Å². The van der Waals surface area contributed by atoms with E-state index < -0.39 is 0 Å². The highest BCUT2D eigenvalue weighted by Crippen LogP contribution is 2.13. The summed E-state index contributed by atoms with van der Waals surface area (Å²) in [5.41, 5.74) is 6.84. The Morgan fingerprint density at radius 3 is 2.60 bits per heavy atom. The molecule has 0 fully saturated rings. The van der Waals surface area contributed by atoms with Gasteiger partial charge >= 0.3 is 0 Å². The number of carbonyl (C=O) groups excluding carboxylic acids is 1. The fourth-order valence-corrected chi connectivity index (χ4v) is 1.96. The van der Waals surface area contributed by atoms with Crippen molar-refractivity contribution in [3.05, 3.63) is 35.4 Å². The summed E-state index contributed by atoms with van der Waals surface area (Å²) < 4.78 is 0. The number of hydrogen-bond acceptors (Lipinski definition) is 3. The maximum atomic E-state index is 10.5. The van der Waals surface area contributed by atoms with E-state index in [1.165, 1.54) is 0 Å². The number of hydrogen-bond donors (Lipinski definition) is 1. The molecule has 1 rings (SSSR count). The Hall–Kier alpha value is -1.47. The Balaban J connectivity index is 2.32. The molecule has 0 radical (unpaired) electrons. The van der Waals surface area contributed by atoms with Crippen LogP contribution in [-0.2, 0) is 10.5 Å². The third-order valence-corrected chi connectivity index (χ3v) is 2.87. The topological polar surface area (TPSA) is 66.9 Å². The van der Waals surface area contributed by atoms with Gasteiger partial charge in [-0.3, -0.25) is 4.79 Å². The summed E-state index contributed by atoms with van der Waals surface area (Å²) in [6.07, 6.45) is 0.418. The van der Waals surface area contributed by atoms with Gasteiger partial charge in [-0.25, -0.2) is 0 Å². The molecule has 0 saturated carbocycles. The molecule has 4 heteroatoms. The van der Waals surface area contributed by atoms with E-state index in [4.69, 9.17) is 11.0 Å². The number of nitrogens with two attached hydrogens (primary N) is 1. The Bertz CT molecular complexity index is 367. The average molecular weight is 220 g/mol. The zero-order valence-electron chi connectivity index (χ0n) is 8.27. The fourth-order valence-electron chi connectivity index (χ4n) is 1.04. The van der Waals surface area contributed by atoms with Crippen molar-refractivity contribution in [2.24, 2.45) is 5.73 Å². The van der Waals surface area contributed by atoms with Gasteiger partial charge in [-0.15, -0.1) is 0 Å². The predicted octanol–water partition coefficient (Wildman–Crippen LogP) is 1.67. The number of carbonyl (C=O) groups is 1. The van der Waals surface area contributed by atoms with Gasteiger partial charge in [0.2, 0.25) is 5.91 Å². The molecule has 1 aromatic rings. The molecular formula is C11H12N2OS. The van der Waals surface area contributed by atoms with Gasteiger partial charge < -0.3 is 5.73 Å². The zero-order chi connectivity index (χ0) is 11.1. The molecule has 0 aliphatic heterocycles. The van der Waals surface area contributed by atoms with Gasteiger partial charge in [0.05, 0.1) is 11.6 Å². The predicted molar refractivity (Wildman–Crippen MR) is 61.1 cm³/mol. The number of primary amides is 1. The van der Waals surface area contributed by atoms with Crippen molar-refractivity contribution in [3.8, 4) is 6.07 Å². The first-order chi connectivity index (χ1) is 7.22. The van der Waals surface area contributed by atoms with E-state index in [1.54, 1.807) is 23.9 Å². The fraction of sp³-hybridized carbons (Fsp3) is 0.273. The second-order valence-electron chi connectivity index (χ2n) is 3.08. The molecule has 0 spiro atoms. The molecule has 0 aliphatic carbocycles. The molecule has 0 aromatic heterocycles. The molecule has 0 saturated heterocycles. The van der Waals surface area contributed by atoms with Crippen LogP contribution in [0, 0.1) is 11.3 Å². The van der Waals surface area contributed by atoms with E-state index in [-0.39, 0.29) is 5.91 Å². The summed E-state index contributed by atoms with van der Waals surface area (Å²) in [6.45, 7) is 0. The Morgan fingerprint density at radius 1 is 1.40 bits per heavy atom. The molecule has 1 amide bonds. The average Bonchev–Trinajstić information content (AvgIpc) is 2.25. The number of nitrogens with zero attached hydrogens (tertiary/aromatic N) is 1. The molecule has 15 heavy (non-hydrogen) atoms. The largest absolute Gasteiger partial charge is 0.370 e. The molecule has 0 aliphatic rings. The van der Waals surface area contributed by atoms with Crippen LogP contribution in [0.3, 0.4) is 0 Å². The lowest BCUT2D eigenvalue weighted by Crippen LogP contribution is -2.10. The molecule has 3 nitrogen and oxygen atoms in total. The van der Waals surface area contributed by atoms with Crippen LogP contribution in [0.2, 0.25) is 0 Å². The van der Waals surface area contributed by atoms with Crippen LogP contribution in [0.25, 0.3) is 0 Å². The highest BCUT2D eigenvalue weighted by molar-refractivity contribution is 7.98. The van der Waals surface area contributed by atoms with E-state index in [0.29, 0.717) is 12.0 Å². The summed E-state index contributed by atoms with van der Waals surface area (Å²) in [4.78, 5) is 10.5.